The van der Waals surface area contributed by atoms with E-state index in [1.165, 1.54) is 30.3 Å². The van der Waals surface area contributed by atoms with E-state index in [1.807, 2.05) is 0 Å². The van der Waals surface area contributed by atoms with Gasteiger partial charge in [0.25, 0.3) is 11.6 Å². The number of ether oxygens (including phenoxy) is 1. The highest BCUT2D eigenvalue weighted by atomic mass is 79.9. The second kappa shape index (κ2) is 10.8. The molecule has 0 saturated heterocycles. The first-order chi connectivity index (χ1) is 16.6. The largest absolute Gasteiger partial charge is 0.488 e. The SMILES string of the molecule is N#C/C(=C\c1cc(Br)ccc1OCc1cccc([N+](=O)[O-])c1)C(=O)Nc1cccc(C(F)(F)F)c1. The van der Waals surface area contributed by atoms with Crippen molar-refractivity contribution in [3.8, 4) is 11.8 Å². The lowest BCUT2D eigenvalue weighted by atomic mass is 10.1. The fourth-order valence-electron chi connectivity index (χ4n) is 2.96. The second-order valence-corrected chi connectivity index (χ2v) is 8.02. The first-order valence-electron chi connectivity index (χ1n) is 9.83. The van der Waals surface area contributed by atoms with Crippen LogP contribution in [-0.2, 0) is 17.6 Å². The third kappa shape index (κ3) is 6.91. The monoisotopic (exact) mass is 545 g/mol. The average molecular weight is 546 g/mol. The maximum atomic E-state index is 12.9. The number of amides is 1. The van der Waals surface area contributed by atoms with E-state index in [9.17, 15) is 33.3 Å². The molecule has 0 saturated carbocycles. The summed E-state index contributed by atoms with van der Waals surface area (Å²) < 4.78 is 45.2. The fourth-order valence-corrected chi connectivity index (χ4v) is 3.34. The highest BCUT2D eigenvalue weighted by Gasteiger charge is 2.30. The van der Waals surface area contributed by atoms with E-state index >= 15 is 0 Å². The molecule has 0 bridgehead atoms. The van der Waals surface area contributed by atoms with Crippen molar-refractivity contribution >= 4 is 39.3 Å². The van der Waals surface area contributed by atoms with Crippen molar-refractivity contribution < 1.29 is 27.6 Å². The predicted octanol–water partition coefficient (Wildman–Crippen LogP) is 6.50. The van der Waals surface area contributed by atoms with Gasteiger partial charge in [-0.25, -0.2) is 0 Å². The summed E-state index contributed by atoms with van der Waals surface area (Å²) in [4.78, 5) is 23.0. The number of non-ortho nitro benzene ring substituents is 1. The molecule has 7 nitrogen and oxygen atoms in total. The van der Waals surface area contributed by atoms with Gasteiger partial charge in [0.05, 0.1) is 10.5 Å². The lowest BCUT2D eigenvalue weighted by Crippen LogP contribution is -2.14. The Morgan fingerprint density at radius 3 is 2.57 bits per heavy atom. The molecule has 3 aromatic carbocycles. The Morgan fingerprint density at radius 1 is 1.14 bits per heavy atom. The van der Waals surface area contributed by atoms with Gasteiger partial charge in [-0.3, -0.25) is 14.9 Å². The van der Waals surface area contributed by atoms with E-state index in [1.54, 1.807) is 30.3 Å². The van der Waals surface area contributed by atoms with Crippen LogP contribution in [0.1, 0.15) is 16.7 Å². The van der Waals surface area contributed by atoms with Gasteiger partial charge < -0.3 is 10.1 Å². The molecule has 3 rings (SSSR count). The molecule has 0 spiro atoms. The molecule has 0 heterocycles. The van der Waals surface area contributed by atoms with E-state index < -0.39 is 22.6 Å². The number of rotatable bonds is 7. The summed E-state index contributed by atoms with van der Waals surface area (Å²) in [5.74, 6) is -0.629. The predicted molar refractivity (Wildman–Crippen MR) is 125 cm³/mol. The molecular weight excluding hydrogens is 531 g/mol. The van der Waals surface area contributed by atoms with Crippen LogP contribution in [0.25, 0.3) is 6.08 Å². The van der Waals surface area contributed by atoms with Gasteiger partial charge in [0.1, 0.15) is 24.0 Å². The van der Waals surface area contributed by atoms with E-state index in [4.69, 9.17) is 4.74 Å². The van der Waals surface area contributed by atoms with Crippen molar-refractivity contribution in [2.45, 2.75) is 12.8 Å². The lowest BCUT2D eigenvalue weighted by Gasteiger charge is -2.11. The molecule has 1 amide bonds. The number of nitro groups is 1. The molecule has 0 aliphatic carbocycles. The first kappa shape index (κ1) is 25.5. The van der Waals surface area contributed by atoms with Crippen LogP contribution in [-0.4, -0.2) is 10.8 Å². The minimum Gasteiger partial charge on any atom is -0.488 e. The molecule has 1 N–H and O–H groups in total. The van der Waals surface area contributed by atoms with Gasteiger partial charge in [0.15, 0.2) is 0 Å². The van der Waals surface area contributed by atoms with Gasteiger partial charge in [0.2, 0.25) is 0 Å². The normalized spacial score (nSPS) is 11.5. The summed E-state index contributed by atoms with van der Waals surface area (Å²) in [6.45, 7) is -0.0253. The Bertz CT molecular complexity index is 1350. The number of benzene rings is 3. The van der Waals surface area contributed by atoms with Gasteiger partial charge in [-0.1, -0.05) is 34.1 Å². The first-order valence-corrected chi connectivity index (χ1v) is 10.6. The minimum atomic E-state index is -4.59. The number of nitrogens with one attached hydrogen (secondary N) is 1. The maximum absolute atomic E-state index is 12.9. The molecular formula is C24H15BrF3N3O4. The van der Waals surface area contributed by atoms with Crippen LogP contribution in [0.3, 0.4) is 0 Å². The van der Waals surface area contributed by atoms with Crippen LogP contribution in [0, 0.1) is 21.4 Å². The van der Waals surface area contributed by atoms with Crippen LogP contribution in [0.4, 0.5) is 24.5 Å². The Kier molecular flexibility index (Phi) is 7.88. The van der Waals surface area contributed by atoms with E-state index in [0.29, 0.717) is 15.6 Å². The topological polar surface area (TPSA) is 105 Å². The van der Waals surface area contributed by atoms with E-state index in [-0.39, 0.29) is 29.3 Å². The zero-order valence-corrected chi connectivity index (χ0v) is 19.3. The van der Waals surface area contributed by atoms with Crippen LogP contribution < -0.4 is 10.1 Å². The van der Waals surface area contributed by atoms with Crippen molar-refractivity contribution in [3.05, 3.63) is 104 Å². The zero-order chi connectivity index (χ0) is 25.6. The van der Waals surface area contributed by atoms with Gasteiger partial charge in [-0.05, 0) is 48.0 Å². The maximum Gasteiger partial charge on any atom is 0.416 e. The highest BCUT2D eigenvalue weighted by molar-refractivity contribution is 9.10. The average Bonchev–Trinajstić information content (AvgIpc) is 2.81. The molecule has 0 fully saturated rings. The molecule has 0 atom stereocenters. The number of nitriles is 1. The molecule has 35 heavy (non-hydrogen) atoms. The third-order valence-electron chi connectivity index (χ3n) is 4.60. The summed E-state index contributed by atoms with van der Waals surface area (Å²) in [7, 11) is 0. The van der Waals surface area contributed by atoms with Crippen LogP contribution in [0.2, 0.25) is 0 Å². The van der Waals surface area contributed by atoms with Crippen LogP contribution >= 0.6 is 15.9 Å². The number of carbonyl (C=O) groups excluding carboxylic acids is 1. The van der Waals surface area contributed by atoms with Crippen molar-refractivity contribution in [2.24, 2.45) is 0 Å². The molecule has 0 radical (unpaired) electrons. The Labute approximate surface area is 205 Å². The molecule has 11 heteroatoms. The number of alkyl halides is 3. The number of halogens is 4. The van der Waals surface area contributed by atoms with Gasteiger partial charge in [-0.15, -0.1) is 0 Å². The van der Waals surface area contributed by atoms with Gasteiger partial charge >= 0.3 is 6.18 Å². The van der Waals surface area contributed by atoms with Gasteiger partial charge in [-0.2, -0.15) is 18.4 Å². The van der Waals surface area contributed by atoms with E-state index in [0.717, 1.165) is 18.2 Å². The third-order valence-corrected chi connectivity index (χ3v) is 5.09. The second-order valence-electron chi connectivity index (χ2n) is 7.10. The standard InChI is InChI=1S/C24H15BrF3N3O4/c25-19-7-8-22(35-14-15-3-1-6-21(9-15)31(33)34)16(11-19)10-17(13-29)23(32)30-20-5-2-4-18(12-20)24(26,27)28/h1-12H,14H2,(H,30,32)/b17-10+. The quantitative estimate of drug-likeness (QED) is 0.158. The number of nitrogens with zero attached hydrogens (tertiary/aromatic N) is 2. The lowest BCUT2D eigenvalue weighted by molar-refractivity contribution is -0.384. The van der Waals surface area contributed by atoms with Crippen molar-refractivity contribution in [1.29, 1.82) is 5.26 Å². The Balaban J connectivity index is 1.83. The summed E-state index contributed by atoms with van der Waals surface area (Å²) in [5, 5.41) is 22.7. The summed E-state index contributed by atoms with van der Waals surface area (Å²) in [6.07, 6.45) is -3.35. The van der Waals surface area contributed by atoms with Crippen molar-refractivity contribution in [2.75, 3.05) is 5.32 Å². The summed E-state index contributed by atoms with van der Waals surface area (Å²) in [6, 6.07) is 16.5. The number of hydrogen-bond acceptors (Lipinski definition) is 5. The van der Waals surface area contributed by atoms with Gasteiger partial charge in [0, 0.05) is 27.9 Å². The summed E-state index contributed by atoms with van der Waals surface area (Å²) in [5.41, 5.74) is -0.676. The van der Waals surface area contributed by atoms with Crippen LogP contribution in [0.15, 0.2) is 76.8 Å². The molecule has 0 aromatic heterocycles. The highest BCUT2D eigenvalue weighted by Crippen LogP contribution is 2.31. The number of carbonyl (C=O) groups is 1. The number of hydrogen-bond donors (Lipinski definition) is 1. The smallest absolute Gasteiger partial charge is 0.416 e. The minimum absolute atomic E-state index is 0.0253. The van der Waals surface area contributed by atoms with Crippen LogP contribution in [0.5, 0.6) is 5.75 Å². The molecule has 0 aliphatic heterocycles. The molecule has 178 valence electrons. The zero-order valence-electron chi connectivity index (χ0n) is 17.7. The van der Waals surface area contributed by atoms with Crippen molar-refractivity contribution in [3.63, 3.8) is 0 Å². The number of anilines is 1. The molecule has 0 aliphatic rings. The van der Waals surface area contributed by atoms with E-state index in [2.05, 4.69) is 21.2 Å². The number of nitro benzene ring substituents is 1. The summed E-state index contributed by atoms with van der Waals surface area (Å²) >= 11 is 3.30. The molecule has 3 aromatic rings. The molecule has 0 unspecified atom stereocenters. The fraction of sp³-hybridized carbons (Fsp3) is 0.0833. The van der Waals surface area contributed by atoms with Crippen molar-refractivity contribution in [1.82, 2.24) is 0 Å². The Morgan fingerprint density at radius 2 is 1.89 bits per heavy atom. The Hall–Kier alpha value is -4.17.